The van der Waals surface area contributed by atoms with Crippen LogP contribution in [0.2, 0.25) is 10.0 Å². The number of hydrogen-bond acceptors (Lipinski definition) is 34. The number of hydrogen-bond donors (Lipinski definition) is 23. The second kappa shape index (κ2) is 44.0. The van der Waals surface area contributed by atoms with E-state index in [-0.39, 0.29) is 67.4 Å². The van der Waals surface area contributed by atoms with Crippen LogP contribution >= 0.6 is 23.2 Å². The molecule has 7 aromatic rings. The number of alkyl halides is 3. The molecule has 11 bridgehead atoms. The van der Waals surface area contributed by atoms with Crippen molar-refractivity contribution in [1.82, 2.24) is 48.0 Å². The van der Waals surface area contributed by atoms with E-state index in [4.69, 9.17) is 82.1 Å². The third kappa shape index (κ3) is 24.1. The summed E-state index contributed by atoms with van der Waals surface area (Å²) in [5.74, 6) is -17.7. The average molecular weight is 1980 g/mol. The van der Waals surface area contributed by atoms with Crippen molar-refractivity contribution in [3.63, 3.8) is 0 Å². The molecule has 744 valence electrons. The second-order valence-electron chi connectivity index (χ2n) is 34.2. The molecule has 0 saturated carbocycles. The summed E-state index contributed by atoms with van der Waals surface area (Å²) in [7, 11) is 2.77. The largest absolute Gasteiger partial charge is 0.573 e. The zero-order valence-electron chi connectivity index (χ0n) is 74.2. The van der Waals surface area contributed by atoms with Gasteiger partial charge in [-0.25, -0.2) is 5.48 Å². The van der Waals surface area contributed by atoms with Crippen LogP contribution < -0.4 is 83.7 Å². The van der Waals surface area contributed by atoms with Crippen LogP contribution in [0.25, 0.3) is 11.1 Å². The number of ether oxygens (including phenoxy) is 10. The number of anilines is 1. The minimum Gasteiger partial charge on any atom is -0.508 e. The molecule has 8 aliphatic heterocycles. The number of halogens is 5. The lowest BCUT2D eigenvalue weighted by atomic mass is 9.86. The number of phenols is 3. The molecule has 25 N–H and O–H groups in total. The van der Waals surface area contributed by atoms with Crippen LogP contribution in [0.15, 0.2) is 127 Å². The van der Waals surface area contributed by atoms with Crippen LogP contribution in [0.1, 0.15) is 121 Å². The van der Waals surface area contributed by atoms with Crippen LogP contribution in [0, 0.1) is 5.92 Å². The van der Waals surface area contributed by atoms with Gasteiger partial charge in [-0.15, -0.1) is 13.2 Å². The summed E-state index contributed by atoms with van der Waals surface area (Å²) in [5, 5.41) is 152. The number of rotatable bonds is 26. The van der Waals surface area contributed by atoms with E-state index in [1.54, 1.807) is 19.9 Å². The second-order valence-corrected chi connectivity index (χ2v) is 35.0. The Morgan fingerprint density at radius 1 is 0.667 bits per heavy atom. The number of phenolic OH excluding ortho intramolecular Hbond substituents is 3. The molecule has 9 amide bonds. The Morgan fingerprint density at radius 3 is 1.98 bits per heavy atom. The number of likely N-dealkylation sites (N-methyl/N-ethyl adjacent to an activating group) is 1. The first kappa shape index (κ1) is 103. The van der Waals surface area contributed by atoms with Crippen molar-refractivity contribution >= 4 is 82.1 Å². The van der Waals surface area contributed by atoms with Crippen LogP contribution in [0.3, 0.4) is 0 Å². The predicted molar refractivity (Wildman–Crippen MR) is 472 cm³/mol. The van der Waals surface area contributed by atoms with Gasteiger partial charge >= 0.3 is 6.36 Å². The summed E-state index contributed by atoms with van der Waals surface area (Å²) in [5.41, 5.74) is 10.8. The van der Waals surface area contributed by atoms with Crippen molar-refractivity contribution < 1.29 is 165 Å². The van der Waals surface area contributed by atoms with E-state index < -0.39 is 302 Å². The molecule has 48 heteroatoms. The summed E-state index contributed by atoms with van der Waals surface area (Å²) >= 11 is 14.6. The zero-order valence-corrected chi connectivity index (χ0v) is 75.7. The monoisotopic (exact) mass is 1970 g/mol. The molecule has 4 unspecified atom stereocenters. The Labute approximate surface area is 793 Å². The molecule has 3 fully saturated rings. The first-order chi connectivity index (χ1) is 65.4. The van der Waals surface area contributed by atoms with Crippen molar-refractivity contribution in [3.05, 3.63) is 176 Å². The van der Waals surface area contributed by atoms with Crippen LogP contribution in [0.5, 0.6) is 51.7 Å². The van der Waals surface area contributed by atoms with Crippen molar-refractivity contribution in [2.75, 3.05) is 45.8 Å². The van der Waals surface area contributed by atoms with Crippen LogP contribution in [-0.2, 0) is 78.2 Å². The molecule has 0 aliphatic carbocycles. The molecule has 138 heavy (non-hydrogen) atoms. The number of nitrogens with two attached hydrogens (primary N) is 2. The van der Waals surface area contributed by atoms with E-state index in [9.17, 15) is 88.5 Å². The molecule has 3 saturated heterocycles. The number of amides is 9. The third-order valence-electron chi connectivity index (χ3n) is 23.5. The Balaban J connectivity index is 0.937. The number of aromatic hydroxyl groups is 3. The molecule has 7 aromatic carbocycles. The molecule has 8 heterocycles. The van der Waals surface area contributed by atoms with Gasteiger partial charge in [0.05, 0.1) is 54.5 Å². The fraction of sp³-hybridized carbons (Fsp3) is 0.433. The van der Waals surface area contributed by atoms with Crippen molar-refractivity contribution in [1.29, 1.82) is 0 Å². The van der Waals surface area contributed by atoms with Gasteiger partial charge in [0.25, 0.3) is 11.8 Å². The van der Waals surface area contributed by atoms with Gasteiger partial charge < -0.3 is 163 Å². The summed E-state index contributed by atoms with van der Waals surface area (Å²) in [6.07, 6.45) is -35.4. The Bertz CT molecular complexity index is 5680. The molecule has 23 atom stereocenters. The van der Waals surface area contributed by atoms with Crippen LogP contribution in [-0.4, -0.2) is 266 Å². The fourth-order valence-corrected chi connectivity index (χ4v) is 16.9. The number of benzene rings is 7. The van der Waals surface area contributed by atoms with E-state index in [1.165, 1.54) is 70.5 Å². The molecule has 43 nitrogen and oxygen atoms in total. The van der Waals surface area contributed by atoms with Gasteiger partial charge in [0.1, 0.15) is 132 Å². The Hall–Kier alpha value is -12.0. The fourth-order valence-electron chi connectivity index (χ4n) is 16.5. The van der Waals surface area contributed by atoms with Crippen molar-refractivity contribution in [3.8, 4) is 62.9 Å². The molecule has 0 spiro atoms. The lowest BCUT2D eigenvalue weighted by Gasteiger charge is -2.46. The highest BCUT2D eigenvalue weighted by Crippen LogP contribution is 2.51. The normalized spacial score (nSPS) is 28.1. The summed E-state index contributed by atoms with van der Waals surface area (Å²) in [6.45, 7) is 4.49. The van der Waals surface area contributed by atoms with Crippen molar-refractivity contribution in [2.24, 2.45) is 17.4 Å². The van der Waals surface area contributed by atoms with Gasteiger partial charge in [0, 0.05) is 60.6 Å². The predicted octanol–water partition coefficient (Wildman–Crippen LogP) is 1.49. The molecular weight excluding hydrogens is 1870 g/mol. The number of carbonyl (C=O) groups is 9. The van der Waals surface area contributed by atoms with Gasteiger partial charge in [-0.05, 0) is 152 Å². The lowest BCUT2D eigenvalue weighted by Crippen LogP contribution is -2.65. The van der Waals surface area contributed by atoms with Gasteiger partial charge in [-0.1, -0.05) is 73.4 Å². The molecular formula is C90H103Cl2F3N12O31. The quantitative estimate of drug-likeness (QED) is 0.0270. The summed E-state index contributed by atoms with van der Waals surface area (Å²) in [6, 6.07) is 9.48. The highest BCUT2D eigenvalue weighted by molar-refractivity contribution is 6.32. The minimum atomic E-state index is -5.04. The Morgan fingerprint density at radius 2 is 1.32 bits per heavy atom. The first-order valence-corrected chi connectivity index (χ1v) is 43.9. The van der Waals surface area contributed by atoms with E-state index in [1.807, 2.05) is 0 Å². The molecule has 0 radical (unpaired) electrons. The minimum absolute atomic E-state index is 0.0568. The number of aliphatic hydroxyl groups is 8. The SMILES string of the molecule is CN[C@H](CC(C)C)C(=O)NC1C(=O)NC(CC(N)=O)C(=O)N[C@H]2C(=O)NC3C(=O)N[C@H](C(=O)NC(C(=O)NOCCOC)c4cc(O)cc(O)c4-c4cc3ccc4O)[C@H](O[C@H]3C[C@](C)(N)[C@@H](O)[C@H](C)O3)c3ccc(c(Cl)c3)Oc3cc2cc(c3O[C@@H]2O[C@H](CO)[C@@H](O[C@@H]3O[C@H](CNCc4cccc(NC(=O)c5cccc(OC(F)(F)F)c5)c4)[C@H](O)[C@H](O)[C@H]3O)[C@H](O)[C@H]2O)Oc2ccc(cc2Cl)[C@H]1O. The number of carbonyl (C=O) groups excluding carboxylic acids is 9. The molecule has 8 aliphatic rings. The summed E-state index contributed by atoms with van der Waals surface area (Å²) < 4.78 is 99.5. The van der Waals surface area contributed by atoms with Gasteiger partial charge in [0.15, 0.2) is 24.1 Å². The smallest absolute Gasteiger partial charge is 0.508 e. The van der Waals surface area contributed by atoms with E-state index in [0.717, 1.165) is 78.9 Å². The maximum absolute atomic E-state index is 16.6. The number of aliphatic hydroxyl groups excluding tert-OH is 8. The third-order valence-corrected chi connectivity index (χ3v) is 24.0. The van der Waals surface area contributed by atoms with Crippen LogP contribution in [0.4, 0.5) is 18.9 Å². The van der Waals surface area contributed by atoms with E-state index >= 15 is 24.0 Å². The average Bonchev–Trinajstić information content (AvgIpc) is 0.750. The number of hydroxylamine groups is 1. The number of methoxy groups -OCH3 is 1. The number of fused-ring (bicyclic) bond motifs is 15. The van der Waals surface area contributed by atoms with E-state index in [2.05, 4.69) is 58.1 Å². The number of primary amides is 1. The maximum Gasteiger partial charge on any atom is 0.573 e. The topological polar surface area (TPSA) is 650 Å². The van der Waals surface area contributed by atoms with E-state index in [0.29, 0.717) is 5.56 Å². The Kier molecular flexibility index (Phi) is 33.0. The molecule has 15 rings (SSSR count). The van der Waals surface area contributed by atoms with Gasteiger partial charge in [-0.3, -0.25) is 48.0 Å². The highest BCUT2D eigenvalue weighted by Gasteiger charge is 2.54. The number of nitrogens with one attached hydrogen (secondary N) is 10. The first-order valence-electron chi connectivity index (χ1n) is 43.2. The zero-order chi connectivity index (χ0) is 100.0. The lowest BCUT2D eigenvalue weighted by molar-refractivity contribution is -0.350. The maximum atomic E-state index is 16.6. The van der Waals surface area contributed by atoms with Gasteiger partial charge in [0.2, 0.25) is 53.4 Å². The highest BCUT2D eigenvalue weighted by atomic mass is 35.5. The van der Waals surface area contributed by atoms with Crippen molar-refractivity contribution in [2.45, 2.75) is 200 Å². The van der Waals surface area contributed by atoms with Gasteiger partial charge in [-0.2, -0.15) is 0 Å². The summed E-state index contributed by atoms with van der Waals surface area (Å²) in [4.78, 5) is 141. The molecule has 0 aromatic heterocycles. The standard InChI is InChI=1S/C90H103Cl2F3N12O31/c1-36(2)21-51(98-5)80(121)105-67-69(113)40-14-17-55(49(91)25-40)131-57-27-43-28-58(76(57)136-88-74(118)72(116)77(60(35-108)134-88)137-87-73(117)71(115)70(114)59(133-87)34-99-33-38-9-7-11-44(22-38)100-79(120)42-10-8-12-46(23-42)138-90(93,94)95)132-56-18-15-41(26-50(56)92)75(135-62-32-89(4,97)78(119)37(3)130-62)68-85(126)104-66(86(127)107-129-20-19-128-6)48-29-45(109)30-54(111)63(48)47-24-39(13-16-53(47)110)64(82(123)106-68)103-83(124)65(43)102-81(122)52(31-61(96)112)101-84(67)125/h7-18,22-30,36-37,51-52,59-60,62,64-75,77-78,87-88,98-99,108-111,113-119H,19-21,31-35,97H2,1-6H3,(H2,96,112)(H,100,120)(H,101,125)(H,102,122)(H,103,124)(H,104,126)(H,105,121)(H,106,123)(H,107,127)/t37-,51+,52?,59+,60+,62-,64?,65+,66?,67?,68-,69+,70-,71-,72+,73+,74+,75+,77+,78-,87-,88-,89-/m0/s1.